The fourth-order valence-electron chi connectivity index (χ4n) is 1.76. The summed E-state index contributed by atoms with van der Waals surface area (Å²) < 4.78 is 5.76. The van der Waals surface area contributed by atoms with E-state index in [1.807, 2.05) is 6.07 Å². The quantitative estimate of drug-likeness (QED) is 0.864. The van der Waals surface area contributed by atoms with E-state index in [4.69, 9.17) is 27.6 Å². The number of nitrogens with one attached hydrogen (secondary N) is 1. The first kappa shape index (κ1) is 12.7. The molecule has 0 aliphatic heterocycles. The van der Waals surface area contributed by atoms with Gasteiger partial charge in [-0.1, -0.05) is 30.1 Å². The van der Waals surface area contributed by atoms with Crippen LogP contribution in [-0.4, -0.2) is 6.54 Å². The molecular formula is C13H15Cl2NO. The number of benzene rings is 1. The summed E-state index contributed by atoms with van der Waals surface area (Å²) in [5.41, 5.74) is 0.739. The van der Waals surface area contributed by atoms with Crippen molar-refractivity contribution in [1.29, 1.82) is 0 Å². The zero-order valence-corrected chi connectivity index (χ0v) is 11.4. The normalized spacial score (nSPS) is 13.2. The minimum Gasteiger partial charge on any atom is -0.459 e. The topological polar surface area (TPSA) is 25.2 Å². The van der Waals surface area contributed by atoms with Crippen LogP contribution in [0.5, 0.6) is 0 Å². The van der Waals surface area contributed by atoms with Crippen LogP contribution in [0.1, 0.15) is 32.1 Å². The van der Waals surface area contributed by atoms with Crippen molar-refractivity contribution < 1.29 is 4.42 Å². The van der Waals surface area contributed by atoms with E-state index in [-0.39, 0.29) is 6.04 Å². The molecule has 1 unspecified atom stereocenters. The maximum Gasteiger partial charge on any atom is 0.137 e. The van der Waals surface area contributed by atoms with Gasteiger partial charge in [0.1, 0.15) is 11.3 Å². The third-order valence-electron chi connectivity index (χ3n) is 2.70. The second-order valence-electron chi connectivity index (χ2n) is 4.12. The van der Waals surface area contributed by atoms with Gasteiger partial charge in [-0.2, -0.15) is 0 Å². The fourth-order valence-corrected chi connectivity index (χ4v) is 2.29. The Morgan fingerprint density at radius 1 is 1.29 bits per heavy atom. The standard InChI is InChI=1S/C13H15Cl2NO/c1-3-4-16-8(2)12-7-10-11(15)5-9(14)6-13(10)17-12/h5-8,16H,3-4H2,1-2H3. The van der Waals surface area contributed by atoms with Crippen molar-refractivity contribution in [1.82, 2.24) is 5.32 Å². The average Bonchev–Trinajstić information content (AvgIpc) is 2.69. The minimum absolute atomic E-state index is 0.178. The van der Waals surface area contributed by atoms with E-state index in [2.05, 4.69) is 19.2 Å². The van der Waals surface area contributed by atoms with Gasteiger partial charge in [0.05, 0.1) is 11.1 Å². The molecule has 1 aromatic carbocycles. The predicted octanol–water partition coefficient (Wildman–Crippen LogP) is 4.80. The number of halogens is 2. The van der Waals surface area contributed by atoms with E-state index in [1.165, 1.54) is 0 Å². The molecule has 0 saturated carbocycles. The number of hydrogen-bond donors (Lipinski definition) is 1. The number of hydrogen-bond acceptors (Lipinski definition) is 2. The van der Waals surface area contributed by atoms with Crippen molar-refractivity contribution in [2.75, 3.05) is 6.54 Å². The van der Waals surface area contributed by atoms with Crippen molar-refractivity contribution in [3.63, 3.8) is 0 Å². The summed E-state index contributed by atoms with van der Waals surface area (Å²) in [5, 5.41) is 5.51. The number of fused-ring (bicyclic) bond motifs is 1. The van der Waals surface area contributed by atoms with Gasteiger partial charge < -0.3 is 9.73 Å². The lowest BCUT2D eigenvalue weighted by molar-refractivity contribution is 0.452. The fraction of sp³-hybridized carbons (Fsp3) is 0.385. The minimum atomic E-state index is 0.178. The molecule has 2 aromatic rings. The van der Waals surface area contributed by atoms with Crippen molar-refractivity contribution in [2.45, 2.75) is 26.3 Å². The zero-order valence-electron chi connectivity index (χ0n) is 9.89. The predicted molar refractivity (Wildman–Crippen MR) is 72.9 cm³/mol. The van der Waals surface area contributed by atoms with Crippen LogP contribution in [0.2, 0.25) is 10.0 Å². The average molecular weight is 272 g/mol. The van der Waals surface area contributed by atoms with E-state index >= 15 is 0 Å². The van der Waals surface area contributed by atoms with Gasteiger partial charge in [-0.3, -0.25) is 0 Å². The highest BCUT2D eigenvalue weighted by Crippen LogP contribution is 2.32. The molecule has 0 aliphatic rings. The molecular weight excluding hydrogens is 257 g/mol. The third kappa shape index (κ3) is 2.76. The highest BCUT2D eigenvalue weighted by molar-refractivity contribution is 6.38. The Bertz CT molecular complexity index is 521. The first-order valence-electron chi connectivity index (χ1n) is 5.73. The van der Waals surface area contributed by atoms with Crippen LogP contribution in [0.25, 0.3) is 11.0 Å². The van der Waals surface area contributed by atoms with Gasteiger partial charge in [-0.15, -0.1) is 0 Å². The van der Waals surface area contributed by atoms with Crippen LogP contribution >= 0.6 is 23.2 Å². The molecule has 92 valence electrons. The molecule has 1 aromatic heterocycles. The molecule has 2 nitrogen and oxygen atoms in total. The summed E-state index contributed by atoms with van der Waals surface area (Å²) in [5.74, 6) is 0.887. The maximum absolute atomic E-state index is 6.12. The Hall–Kier alpha value is -0.700. The summed E-state index contributed by atoms with van der Waals surface area (Å²) in [4.78, 5) is 0. The summed E-state index contributed by atoms with van der Waals surface area (Å²) in [6.07, 6.45) is 1.09. The van der Waals surface area contributed by atoms with E-state index in [9.17, 15) is 0 Å². The first-order valence-corrected chi connectivity index (χ1v) is 6.49. The lowest BCUT2D eigenvalue weighted by atomic mass is 10.2. The van der Waals surface area contributed by atoms with E-state index in [0.29, 0.717) is 10.0 Å². The van der Waals surface area contributed by atoms with Gasteiger partial charge in [-0.05, 0) is 32.0 Å². The Labute approximate surface area is 111 Å². The monoisotopic (exact) mass is 271 g/mol. The van der Waals surface area contributed by atoms with Crippen LogP contribution in [-0.2, 0) is 0 Å². The lowest BCUT2D eigenvalue weighted by Gasteiger charge is -2.09. The third-order valence-corrected chi connectivity index (χ3v) is 3.23. The van der Waals surface area contributed by atoms with Crippen molar-refractivity contribution >= 4 is 34.2 Å². The molecule has 0 radical (unpaired) electrons. The molecule has 0 amide bonds. The van der Waals surface area contributed by atoms with E-state index < -0.39 is 0 Å². The summed E-state index contributed by atoms with van der Waals surface area (Å²) >= 11 is 12.1. The Balaban J connectivity index is 2.34. The van der Waals surface area contributed by atoms with Gasteiger partial charge >= 0.3 is 0 Å². The van der Waals surface area contributed by atoms with Crippen molar-refractivity contribution in [3.8, 4) is 0 Å². The molecule has 0 spiro atoms. The highest BCUT2D eigenvalue weighted by atomic mass is 35.5. The van der Waals surface area contributed by atoms with E-state index in [0.717, 1.165) is 29.7 Å². The van der Waals surface area contributed by atoms with Crippen molar-refractivity contribution in [3.05, 3.63) is 34.0 Å². The molecule has 0 fully saturated rings. The molecule has 1 N–H and O–H groups in total. The van der Waals surface area contributed by atoms with Gasteiger partial charge in [0.2, 0.25) is 0 Å². The van der Waals surface area contributed by atoms with Gasteiger partial charge in [0.15, 0.2) is 0 Å². The van der Waals surface area contributed by atoms with Crippen LogP contribution in [0, 0.1) is 0 Å². The smallest absolute Gasteiger partial charge is 0.137 e. The first-order chi connectivity index (χ1) is 8.11. The lowest BCUT2D eigenvalue weighted by Crippen LogP contribution is -2.18. The van der Waals surface area contributed by atoms with Crippen LogP contribution in [0.4, 0.5) is 0 Å². The summed E-state index contributed by atoms with van der Waals surface area (Å²) in [7, 11) is 0. The van der Waals surface area contributed by atoms with Crippen molar-refractivity contribution in [2.24, 2.45) is 0 Å². The van der Waals surface area contributed by atoms with Gasteiger partial charge in [0.25, 0.3) is 0 Å². The SMILES string of the molecule is CCCNC(C)c1cc2c(Cl)cc(Cl)cc2o1. The molecule has 0 saturated heterocycles. The molecule has 2 rings (SSSR count). The molecule has 0 aliphatic carbocycles. The van der Waals surface area contributed by atoms with Crippen LogP contribution in [0.3, 0.4) is 0 Å². The zero-order chi connectivity index (χ0) is 12.4. The summed E-state index contributed by atoms with van der Waals surface area (Å²) in [6, 6.07) is 5.67. The Morgan fingerprint density at radius 2 is 2.06 bits per heavy atom. The van der Waals surface area contributed by atoms with Gasteiger partial charge in [-0.25, -0.2) is 0 Å². The molecule has 0 bridgehead atoms. The maximum atomic E-state index is 6.12. The summed E-state index contributed by atoms with van der Waals surface area (Å²) in [6.45, 7) is 5.17. The van der Waals surface area contributed by atoms with Crippen LogP contribution in [0.15, 0.2) is 22.6 Å². The van der Waals surface area contributed by atoms with Crippen LogP contribution < -0.4 is 5.32 Å². The van der Waals surface area contributed by atoms with Gasteiger partial charge in [0, 0.05) is 16.5 Å². The van der Waals surface area contributed by atoms with E-state index in [1.54, 1.807) is 12.1 Å². The molecule has 17 heavy (non-hydrogen) atoms. The second-order valence-corrected chi connectivity index (χ2v) is 4.97. The largest absolute Gasteiger partial charge is 0.459 e. The Morgan fingerprint density at radius 3 is 2.76 bits per heavy atom. The second kappa shape index (κ2) is 5.30. The molecule has 1 heterocycles. The molecule has 1 atom stereocenters. The number of rotatable bonds is 4. The number of furan rings is 1. The Kier molecular flexibility index (Phi) is 3.97. The highest BCUT2D eigenvalue weighted by Gasteiger charge is 2.13. The molecule has 4 heteroatoms.